The van der Waals surface area contributed by atoms with Crippen LogP contribution in [0.15, 0.2) is 49.1 Å². The first-order valence-electron chi connectivity index (χ1n) is 8.56. The minimum Gasteiger partial charge on any atom is -0.366 e. The van der Waals surface area contributed by atoms with Gasteiger partial charge in [-0.2, -0.15) is 25.2 Å². The third kappa shape index (κ3) is 6.04. The fourth-order valence-electron chi connectivity index (χ4n) is 2.64. The molecule has 0 atom stereocenters. The van der Waals surface area contributed by atoms with Gasteiger partial charge in [-0.3, -0.25) is 9.12 Å². The Morgan fingerprint density at radius 3 is 2.68 bits per heavy atom. The van der Waals surface area contributed by atoms with Gasteiger partial charge in [-0.05, 0) is 17.7 Å². The van der Waals surface area contributed by atoms with Crippen molar-refractivity contribution in [3.63, 3.8) is 0 Å². The highest BCUT2D eigenvalue weighted by molar-refractivity contribution is 7.98. The second-order valence-electron chi connectivity index (χ2n) is 6.14. The van der Waals surface area contributed by atoms with Crippen molar-refractivity contribution in [2.24, 2.45) is 0 Å². The normalized spacial score (nSPS) is 13.2. The first kappa shape index (κ1) is 20.3. The molecule has 1 aliphatic heterocycles. The third-order valence-corrected chi connectivity index (χ3v) is 4.83. The second kappa shape index (κ2) is 9.18. The number of nitrogens with zero attached hydrogens (tertiary/aromatic N) is 4. The Bertz CT molecular complexity index is 1000. The smallest absolute Gasteiger partial charge is 0.261 e. The van der Waals surface area contributed by atoms with Crippen molar-refractivity contribution >= 4 is 27.7 Å². The number of hydrogen-bond acceptors (Lipinski definition) is 7. The average Bonchev–Trinajstić information content (AvgIpc) is 3.20. The zero-order valence-electron chi connectivity index (χ0n) is 15.3. The van der Waals surface area contributed by atoms with Gasteiger partial charge in [0.15, 0.2) is 0 Å². The number of rotatable bonds is 4. The Morgan fingerprint density at radius 2 is 2.00 bits per heavy atom. The van der Waals surface area contributed by atoms with Crippen LogP contribution in [-0.4, -0.2) is 44.5 Å². The summed E-state index contributed by atoms with van der Waals surface area (Å²) < 4.78 is 27.7. The first-order chi connectivity index (χ1) is 13.4. The number of hydrogen-bond donors (Lipinski definition) is 2. The van der Waals surface area contributed by atoms with Crippen molar-refractivity contribution < 1.29 is 13.0 Å². The van der Waals surface area contributed by atoms with Gasteiger partial charge in [0.05, 0.1) is 11.9 Å². The van der Waals surface area contributed by atoms with Crippen LogP contribution in [0.1, 0.15) is 16.8 Å². The molecule has 2 aromatic heterocycles. The molecule has 1 aliphatic rings. The SMILES string of the molecule is CS(=O)(=O)O.c1ccc(CNc2nc(-n3ccnc3)nc3c2CSCC3)cc1. The van der Waals surface area contributed by atoms with Gasteiger partial charge in [0.1, 0.15) is 12.1 Å². The number of imidazole rings is 1. The van der Waals surface area contributed by atoms with E-state index in [1.807, 2.05) is 28.6 Å². The van der Waals surface area contributed by atoms with E-state index >= 15 is 0 Å². The van der Waals surface area contributed by atoms with Crippen LogP contribution in [-0.2, 0) is 28.8 Å². The molecule has 0 saturated heterocycles. The highest BCUT2D eigenvalue weighted by atomic mass is 32.2. The maximum Gasteiger partial charge on any atom is 0.261 e. The van der Waals surface area contributed by atoms with Crippen molar-refractivity contribution in [1.82, 2.24) is 19.5 Å². The Labute approximate surface area is 168 Å². The Morgan fingerprint density at radius 1 is 1.25 bits per heavy atom. The lowest BCUT2D eigenvalue weighted by atomic mass is 10.1. The van der Waals surface area contributed by atoms with Crippen LogP contribution in [0.3, 0.4) is 0 Å². The Hall–Kier alpha value is -2.43. The molecule has 3 aromatic rings. The largest absolute Gasteiger partial charge is 0.366 e. The fraction of sp³-hybridized carbons (Fsp3) is 0.278. The minimum atomic E-state index is -3.67. The third-order valence-electron chi connectivity index (χ3n) is 3.85. The number of nitrogens with one attached hydrogen (secondary N) is 1. The number of aromatic nitrogens is 4. The van der Waals surface area contributed by atoms with Gasteiger partial charge in [-0.1, -0.05) is 30.3 Å². The van der Waals surface area contributed by atoms with Crippen LogP contribution in [0, 0.1) is 0 Å². The van der Waals surface area contributed by atoms with Crippen molar-refractivity contribution in [1.29, 1.82) is 0 Å². The molecular formula is C18H21N5O3S2. The summed E-state index contributed by atoms with van der Waals surface area (Å²) in [6.07, 6.45) is 7.06. The minimum absolute atomic E-state index is 0.684. The highest BCUT2D eigenvalue weighted by Crippen LogP contribution is 2.29. The van der Waals surface area contributed by atoms with Crippen LogP contribution in [0.25, 0.3) is 5.95 Å². The van der Waals surface area contributed by atoms with E-state index in [-0.39, 0.29) is 0 Å². The highest BCUT2D eigenvalue weighted by Gasteiger charge is 2.18. The maximum absolute atomic E-state index is 9.19. The van der Waals surface area contributed by atoms with Gasteiger partial charge in [-0.25, -0.2) is 9.97 Å². The van der Waals surface area contributed by atoms with Crippen molar-refractivity contribution in [2.75, 3.05) is 17.3 Å². The number of anilines is 1. The van der Waals surface area contributed by atoms with Gasteiger partial charge in [0.2, 0.25) is 5.95 Å². The lowest BCUT2D eigenvalue weighted by molar-refractivity contribution is 0.490. The van der Waals surface area contributed by atoms with Gasteiger partial charge in [0, 0.05) is 30.3 Å². The lowest BCUT2D eigenvalue weighted by Crippen LogP contribution is -2.15. The number of fused-ring (bicyclic) bond motifs is 1. The summed E-state index contributed by atoms with van der Waals surface area (Å²) in [5.41, 5.74) is 3.63. The van der Waals surface area contributed by atoms with Gasteiger partial charge in [0.25, 0.3) is 10.1 Å². The van der Waals surface area contributed by atoms with Crippen LogP contribution in [0.4, 0.5) is 5.82 Å². The predicted molar refractivity (Wildman–Crippen MR) is 110 cm³/mol. The van der Waals surface area contributed by atoms with Crippen LogP contribution in [0.2, 0.25) is 0 Å². The molecule has 28 heavy (non-hydrogen) atoms. The zero-order chi connectivity index (χ0) is 20.0. The average molecular weight is 420 g/mol. The van der Waals surface area contributed by atoms with E-state index in [2.05, 4.69) is 34.6 Å². The molecule has 0 amide bonds. The van der Waals surface area contributed by atoms with E-state index in [4.69, 9.17) is 14.5 Å². The topological polar surface area (TPSA) is 110 Å². The van der Waals surface area contributed by atoms with E-state index in [0.29, 0.717) is 12.2 Å². The van der Waals surface area contributed by atoms with E-state index in [1.54, 1.807) is 12.5 Å². The van der Waals surface area contributed by atoms with E-state index in [0.717, 1.165) is 36.0 Å². The quantitative estimate of drug-likeness (QED) is 0.621. The van der Waals surface area contributed by atoms with E-state index in [1.165, 1.54) is 11.1 Å². The molecule has 4 rings (SSSR count). The Kier molecular flexibility index (Phi) is 6.65. The maximum atomic E-state index is 9.19. The predicted octanol–water partition coefficient (Wildman–Crippen LogP) is 2.57. The van der Waals surface area contributed by atoms with E-state index in [9.17, 15) is 8.42 Å². The molecule has 10 heteroatoms. The molecular weight excluding hydrogens is 398 g/mol. The molecule has 0 unspecified atom stereocenters. The molecule has 0 aliphatic carbocycles. The standard InChI is InChI=1S/C17H17N5S.CH4O3S/c1-2-4-13(5-3-1)10-19-16-14-11-23-9-6-15(14)20-17(21-16)22-8-7-18-12-22;1-5(2,3)4/h1-5,7-8,12H,6,9-11H2,(H,19,20,21);1H3,(H,2,3,4). The molecule has 0 bridgehead atoms. The monoisotopic (exact) mass is 419 g/mol. The molecule has 3 heterocycles. The summed E-state index contributed by atoms with van der Waals surface area (Å²) in [4.78, 5) is 13.6. The molecule has 8 nitrogen and oxygen atoms in total. The van der Waals surface area contributed by atoms with Crippen LogP contribution < -0.4 is 5.32 Å². The van der Waals surface area contributed by atoms with Gasteiger partial charge >= 0.3 is 0 Å². The molecule has 2 N–H and O–H groups in total. The summed E-state index contributed by atoms with van der Waals surface area (Å²) in [5, 5.41) is 3.49. The summed E-state index contributed by atoms with van der Waals surface area (Å²) >= 11 is 1.94. The van der Waals surface area contributed by atoms with Crippen LogP contribution in [0.5, 0.6) is 0 Å². The summed E-state index contributed by atoms with van der Waals surface area (Å²) in [7, 11) is -3.67. The van der Waals surface area contributed by atoms with Gasteiger partial charge < -0.3 is 5.32 Å². The summed E-state index contributed by atoms with van der Waals surface area (Å²) in [6.45, 7) is 0.762. The molecule has 1 aromatic carbocycles. The Balaban J connectivity index is 0.000000403. The molecule has 0 fully saturated rings. The van der Waals surface area contributed by atoms with Crippen molar-refractivity contribution in [3.8, 4) is 5.95 Å². The summed E-state index contributed by atoms with van der Waals surface area (Å²) in [6, 6.07) is 10.4. The lowest BCUT2D eigenvalue weighted by Gasteiger charge is -2.19. The second-order valence-corrected chi connectivity index (χ2v) is 8.71. The van der Waals surface area contributed by atoms with E-state index < -0.39 is 10.1 Å². The first-order valence-corrected chi connectivity index (χ1v) is 11.6. The zero-order valence-corrected chi connectivity index (χ0v) is 16.9. The fourth-order valence-corrected chi connectivity index (χ4v) is 3.63. The molecule has 0 saturated carbocycles. The number of aryl methyl sites for hydroxylation is 1. The van der Waals surface area contributed by atoms with Crippen molar-refractivity contribution in [3.05, 3.63) is 65.9 Å². The van der Waals surface area contributed by atoms with Crippen LogP contribution >= 0.6 is 11.8 Å². The summed E-state index contributed by atoms with van der Waals surface area (Å²) in [5.74, 6) is 3.71. The van der Waals surface area contributed by atoms with Crippen molar-refractivity contribution in [2.45, 2.75) is 18.7 Å². The number of thioether (sulfide) groups is 1. The molecule has 148 valence electrons. The molecule has 0 radical (unpaired) electrons. The number of benzene rings is 1. The molecule has 0 spiro atoms. The van der Waals surface area contributed by atoms with Gasteiger partial charge in [-0.15, -0.1) is 0 Å².